The number of carbonyl (C=O) groups is 2. The minimum atomic E-state index is -1.05. The van der Waals surface area contributed by atoms with Crippen molar-refractivity contribution in [3.05, 3.63) is 12.2 Å². The number of carboxylic acids is 1. The number of rotatable bonds is 17. The van der Waals surface area contributed by atoms with E-state index in [1.54, 1.807) is 13.0 Å². The summed E-state index contributed by atoms with van der Waals surface area (Å²) in [6.45, 7) is 8.49. The van der Waals surface area contributed by atoms with E-state index >= 15 is 0 Å². The zero-order valence-electron chi connectivity index (χ0n) is 20.7. The van der Waals surface area contributed by atoms with Crippen LogP contribution in [0.2, 0.25) is 0 Å². The van der Waals surface area contributed by atoms with Crippen LogP contribution in [0.15, 0.2) is 12.2 Å². The van der Waals surface area contributed by atoms with Gasteiger partial charge in [-0.1, -0.05) is 90.7 Å². The highest BCUT2D eigenvalue weighted by atomic mass is 16.5. The third kappa shape index (κ3) is 10.7. The molecule has 0 amide bonds. The van der Waals surface area contributed by atoms with Crippen molar-refractivity contribution in [2.75, 3.05) is 0 Å². The van der Waals surface area contributed by atoms with Crippen LogP contribution in [-0.4, -0.2) is 23.1 Å². The molecule has 4 nitrogen and oxygen atoms in total. The Morgan fingerprint density at radius 2 is 1.52 bits per heavy atom. The summed E-state index contributed by atoms with van der Waals surface area (Å²) in [6, 6.07) is 0. The van der Waals surface area contributed by atoms with Crippen molar-refractivity contribution in [1.82, 2.24) is 0 Å². The molecule has 3 unspecified atom stereocenters. The van der Waals surface area contributed by atoms with Crippen LogP contribution in [0, 0.1) is 17.3 Å². The summed E-state index contributed by atoms with van der Waals surface area (Å²) in [5.41, 5.74) is -1.05. The van der Waals surface area contributed by atoms with E-state index < -0.39 is 17.3 Å². The van der Waals surface area contributed by atoms with E-state index in [1.165, 1.54) is 57.8 Å². The molecule has 0 aromatic heterocycles. The van der Waals surface area contributed by atoms with Gasteiger partial charge in [0.15, 0.2) is 0 Å². The molecule has 1 rings (SSSR count). The predicted molar refractivity (Wildman–Crippen MR) is 128 cm³/mol. The average molecular weight is 437 g/mol. The molecule has 0 saturated carbocycles. The first-order chi connectivity index (χ1) is 14.8. The lowest BCUT2D eigenvalue weighted by Gasteiger charge is -2.34. The van der Waals surface area contributed by atoms with Crippen LogP contribution in [0.3, 0.4) is 0 Å². The van der Waals surface area contributed by atoms with Crippen LogP contribution in [-0.2, 0) is 14.3 Å². The third-order valence-electron chi connectivity index (χ3n) is 6.76. The molecule has 0 aromatic rings. The second-order valence-corrected chi connectivity index (χ2v) is 10.1. The highest BCUT2D eigenvalue weighted by Crippen LogP contribution is 2.38. The molecule has 0 aromatic carbocycles. The molecule has 1 aliphatic carbocycles. The van der Waals surface area contributed by atoms with Crippen LogP contribution in [0.25, 0.3) is 0 Å². The van der Waals surface area contributed by atoms with Gasteiger partial charge in [0.2, 0.25) is 0 Å². The molecular formula is C27H48O4. The largest absolute Gasteiger partial charge is 0.481 e. The second-order valence-electron chi connectivity index (χ2n) is 10.1. The number of aliphatic carboxylic acids is 1. The number of unbranched alkanes of at least 4 members (excludes halogenated alkanes) is 8. The maximum Gasteiger partial charge on any atom is 0.316 e. The van der Waals surface area contributed by atoms with Crippen LogP contribution >= 0.6 is 0 Å². The van der Waals surface area contributed by atoms with Gasteiger partial charge >= 0.3 is 11.9 Å². The fraction of sp³-hybridized carbons (Fsp3) is 0.852. The fourth-order valence-corrected chi connectivity index (χ4v) is 4.57. The lowest BCUT2D eigenvalue weighted by Crippen LogP contribution is -2.42. The molecule has 0 radical (unpaired) electrons. The van der Waals surface area contributed by atoms with Crippen molar-refractivity contribution in [2.45, 2.75) is 130 Å². The van der Waals surface area contributed by atoms with Gasteiger partial charge in [-0.2, -0.15) is 0 Å². The van der Waals surface area contributed by atoms with Gasteiger partial charge in [-0.15, -0.1) is 0 Å². The number of carbonyl (C=O) groups excluding carboxylic acids is 1. The van der Waals surface area contributed by atoms with Crippen molar-refractivity contribution in [1.29, 1.82) is 0 Å². The Morgan fingerprint density at radius 1 is 0.968 bits per heavy atom. The zero-order chi connectivity index (χ0) is 23.1. The van der Waals surface area contributed by atoms with Gasteiger partial charge in [-0.05, 0) is 51.4 Å². The molecule has 0 bridgehead atoms. The lowest BCUT2D eigenvalue weighted by molar-refractivity contribution is -0.168. The van der Waals surface area contributed by atoms with E-state index in [-0.39, 0.29) is 12.1 Å². The Bertz CT molecular complexity index is 539. The number of hydrogen-bond acceptors (Lipinski definition) is 3. The monoisotopic (exact) mass is 436 g/mol. The summed E-state index contributed by atoms with van der Waals surface area (Å²) in [5.74, 6) is -1.20. The molecule has 1 aliphatic rings. The van der Waals surface area contributed by atoms with E-state index in [2.05, 4.69) is 20.8 Å². The van der Waals surface area contributed by atoms with Gasteiger partial charge < -0.3 is 9.84 Å². The minimum Gasteiger partial charge on any atom is -0.481 e. The van der Waals surface area contributed by atoms with Gasteiger partial charge in [0.05, 0.1) is 11.3 Å². The predicted octanol–water partition coefficient (Wildman–Crippen LogP) is 7.70. The summed E-state index contributed by atoms with van der Waals surface area (Å²) >= 11 is 0. The maximum atomic E-state index is 13.1. The van der Waals surface area contributed by atoms with Crippen LogP contribution in [0.1, 0.15) is 124 Å². The molecule has 0 heterocycles. The van der Waals surface area contributed by atoms with Crippen molar-refractivity contribution < 1.29 is 19.4 Å². The van der Waals surface area contributed by atoms with Crippen LogP contribution in [0.5, 0.6) is 0 Å². The van der Waals surface area contributed by atoms with E-state index in [0.29, 0.717) is 12.8 Å². The quantitative estimate of drug-likeness (QED) is 0.144. The highest BCUT2D eigenvalue weighted by Gasteiger charge is 2.46. The molecule has 0 aliphatic heterocycles. The summed E-state index contributed by atoms with van der Waals surface area (Å²) in [4.78, 5) is 24.8. The molecule has 0 spiro atoms. The molecule has 4 heteroatoms. The first-order valence-electron chi connectivity index (χ1n) is 12.9. The van der Waals surface area contributed by atoms with E-state index in [0.717, 1.165) is 31.6 Å². The topological polar surface area (TPSA) is 63.6 Å². The van der Waals surface area contributed by atoms with Gasteiger partial charge in [-0.3, -0.25) is 9.59 Å². The molecule has 0 saturated heterocycles. The first-order valence-corrected chi connectivity index (χ1v) is 12.9. The molecule has 31 heavy (non-hydrogen) atoms. The standard InChI is InChI=1S/C27H48O4/c1-5-6-7-8-9-13-18-23(19-14-11-10-12-17-22(2)3)31-26(30)27(4)21-16-15-20-24(27)25(28)29/h16,21-24H,5-15,17-20H2,1-4H3,(H,28,29). The fourth-order valence-electron chi connectivity index (χ4n) is 4.57. The Kier molecular flexibility index (Phi) is 13.8. The Hall–Kier alpha value is -1.32. The Morgan fingerprint density at radius 3 is 2.06 bits per heavy atom. The molecule has 3 atom stereocenters. The minimum absolute atomic E-state index is 0.0922. The Labute approximate surface area is 191 Å². The molecule has 0 fully saturated rings. The van der Waals surface area contributed by atoms with Gasteiger partial charge in [0, 0.05) is 0 Å². The summed E-state index contributed by atoms with van der Waals surface area (Å²) in [5, 5.41) is 9.62. The van der Waals surface area contributed by atoms with Gasteiger partial charge in [-0.25, -0.2) is 0 Å². The van der Waals surface area contributed by atoms with E-state index in [4.69, 9.17) is 4.74 Å². The van der Waals surface area contributed by atoms with Crippen molar-refractivity contribution in [3.8, 4) is 0 Å². The van der Waals surface area contributed by atoms with Crippen molar-refractivity contribution in [2.24, 2.45) is 17.3 Å². The third-order valence-corrected chi connectivity index (χ3v) is 6.76. The highest BCUT2D eigenvalue weighted by molar-refractivity contribution is 5.86. The smallest absolute Gasteiger partial charge is 0.316 e. The number of ether oxygens (including phenoxy) is 1. The summed E-state index contributed by atoms with van der Waals surface area (Å²) in [7, 11) is 0. The van der Waals surface area contributed by atoms with Gasteiger partial charge in [0.1, 0.15) is 6.10 Å². The lowest BCUT2D eigenvalue weighted by atomic mass is 9.71. The van der Waals surface area contributed by atoms with Crippen molar-refractivity contribution >= 4 is 11.9 Å². The van der Waals surface area contributed by atoms with Crippen LogP contribution in [0.4, 0.5) is 0 Å². The maximum absolute atomic E-state index is 13.1. The molecule has 1 N–H and O–H groups in total. The molecular weight excluding hydrogens is 388 g/mol. The average Bonchev–Trinajstić information content (AvgIpc) is 2.72. The van der Waals surface area contributed by atoms with Gasteiger partial charge in [0.25, 0.3) is 0 Å². The molecule has 180 valence electrons. The van der Waals surface area contributed by atoms with E-state index in [1.807, 2.05) is 6.08 Å². The normalized spacial score (nSPS) is 21.9. The number of esters is 1. The van der Waals surface area contributed by atoms with E-state index in [9.17, 15) is 14.7 Å². The Balaban J connectivity index is 2.59. The SMILES string of the molecule is CCCCCCCCC(CCCCCCC(C)C)OC(=O)C1(C)C=CCCC1C(=O)O. The number of carboxylic acid groups (broad SMARTS) is 1. The second kappa shape index (κ2) is 15.5. The number of allylic oxidation sites excluding steroid dienone is 1. The number of hydrogen-bond donors (Lipinski definition) is 1. The summed E-state index contributed by atoms with van der Waals surface area (Å²) < 4.78 is 5.99. The zero-order valence-corrected chi connectivity index (χ0v) is 20.7. The van der Waals surface area contributed by atoms with Crippen molar-refractivity contribution in [3.63, 3.8) is 0 Å². The summed E-state index contributed by atoms with van der Waals surface area (Å²) in [6.07, 6.45) is 19.9. The first kappa shape index (κ1) is 27.7. The van der Waals surface area contributed by atoms with Crippen LogP contribution < -0.4 is 0 Å².